The van der Waals surface area contributed by atoms with Gasteiger partial charge in [-0.15, -0.1) is 0 Å². The molecular formula is C28H37BrN6O4. The summed E-state index contributed by atoms with van der Waals surface area (Å²) in [6.45, 7) is 12.9. The quantitative estimate of drug-likeness (QED) is 0.362. The van der Waals surface area contributed by atoms with E-state index in [4.69, 9.17) is 9.47 Å². The molecule has 3 aromatic heterocycles. The summed E-state index contributed by atoms with van der Waals surface area (Å²) in [6, 6.07) is 3.78. The van der Waals surface area contributed by atoms with E-state index in [1.165, 1.54) is 4.57 Å². The van der Waals surface area contributed by atoms with Crippen molar-refractivity contribution in [3.8, 4) is 0 Å². The van der Waals surface area contributed by atoms with Gasteiger partial charge in [0.1, 0.15) is 11.2 Å². The predicted octanol–water partition coefficient (Wildman–Crippen LogP) is 6.08. The van der Waals surface area contributed by atoms with E-state index in [2.05, 4.69) is 41.4 Å². The summed E-state index contributed by atoms with van der Waals surface area (Å²) in [7, 11) is 0. The molecule has 11 heteroatoms. The van der Waals surface area contributed by atoms with Gasteiger partial charge in [-0.05, 0) is 81.9 Å². The van der Waals surface area contributed by atoms with Crippen LogP contribution in [0.1, 0.15) is 59.9 Å². The maximum Gasteiger partial charge on any atom is 0.420 e. The van der Waals surface area contributed by atoms with Gasteiger partial charge in [0.2, 0.25) is 0 Å². The Bertz CT molecular complexity index is 1330. The summed E-state index contributed by atoms with van der Waals surface area (Å²) >= 11 is 3.71. The van der Waals surface area contributed by atoms with Gasteiger partial charge in [0.05, 0.1) is 21.2 Å². The maximum atomic E-state index is 13.2. The Morgan fingerprint density at radius 2 is 1.87 bits per heavy atom. The van der Waals surface area contributed by atoms with E-state index in [9.17, 15) is 9.59 Å². The number of carbonyl (C=O) groups is 2. The van der Waals surface area contributed by atoms with E-state index in [1.54, 1.807) is 24.8 Å². The van der Waals surface area contributed by atoms with Crippen molar-refractivity contribution in [3.63, 3.8) is 0 Å². The number of alkyl carbamates (subject to hydrolysis) is 1. The lowest BCUT2D eigenvalue weighted by atomic mass is 10.0. The van der Waals surface area contributed by atoms with Crippen LogP contribution in [0.2, 0.25) is 0 Å². The zero-order valence-corrected chi connectivity index (χ0v) is 25.0. The van der Waals surface area contributed by atoms with E-state index in [0.717, 1.165) is 46.2 Å². The highest BCUT2D eigenvalue weighted by Gasteiger charge is 2.29. The highest BCUT2D eigenvalue weighted by atomic mass is 79.9. The standard InChI is InChI=1S/C28H37BrN6O4/c1-27(2,3)38-25(36)33-19-10-8-12-34(16-19)23-20(29)15-32-24-22(23)21(31-14-18-9-7-11-30-13-18)17-35(24)26(37)39-28(4,5)6/h7,9,11,13,15,17,19,31H,8,10,12,14,16H2,1-6H3,(H,33,36)/t19-/m1/s1. The van der Waals surface area contributed by atoms with E-state index in [1.807, 2.05) is 53.7 Å². The molecule has 10 nitrogen and oxygen atoms in total. The Hall–Kier alpha value is -3.34. The summed E-state index contributed by atoms with van der Waals surface area (Å²) in [5.74, 6) is 0. The third kappa shape index (κ3) is 7.40. The number of pyridine rings is 2. The number of amides is 1. The van der Waals surface area contributed by atoms with Gasteiger partial charge in [-0.1, -0.05) is 6.07 Å². The van der Waals surface area contributed by atoms with Crippen LogP contribution in [0.15, 0.2) is 41.4 Å². The van der Waals surface area contributed by atoms with E-state index < -0.39 is 23.4 Å². The van der Waals surface area contributed by atoms with Crippen LogP contribution in [-0.4, -0.2) is 57.1 Å². The van der Waals surface area contributed by atoms with Crippen LogP contribution in [-0.2, 0) is 16.0 Å². The van der Waals surface area contributed by atoms with Crippen molar-refractivity contribution < 1.29 is 19.1 Å². The number of halogens is 1. The molecular weight excluding hydrogens is 564 g/mol. The Balaban J connectivity index is 1.71. The third-order valence-corrected chi connectivity index (χ3v) is 6.58. The van der Waals surface area contributed by atoms with Gasteiger partial charge in [-0.2, -0.15) is 0 Å². The molecule has 1 saturated heterocycles. The summed E-state index contributed by atoms with van der Waals surface area (Å²) in [6.07, 6.45) is 7.75. The number of nitrogens with one attached hydrogen (secondary N) is 2. The zero-order chi connectivity index (χ0) is 28.4. The molecule has 2 N–H and O–H groups in total. The zero-order valence-electron chi connectivity index (χ0n) is 23.4. The lowest BCUT2D eigenvalue weighted by molar-refractivity contribution is 0.0497. The lowest BCUT2D eigenvalue weighted by Crippen LogP contribution is -2.49. The van der Waals surface area contributed by atoms with Crippen LogP contribution in [0.4, 0.5) is 21.0 Å². The summed E-state index contributed by atoms with van der Waals surface area (Å²) in [5, 5.41) is 7.28. The Morgan fingerprint density at radius 3 is 2.54 bits per heavy atom. The Morgan fingerprint density at radius 1 is 1.13 bits per heavy atom. The number of ether oxygens (including phenoxy) is 2. The SMILES string of the molecule is CC(C)(C)OC(=O)N[C@@H]1CCCN(c2c(Br)cnc3c2c(NCc2cccnc2)cn3C(=O)OC(C)(C)C)C1. The number of hydrogen-bond acceptors (Lipinski definition) is 8. The van der Waals surface area contributed by atoms with Crippen LogP contribution >= 0.6 is 15.9 Å². The van der Waals surface area contributed by atoms with Crippen molar-refractivity contribution >= 4 is 50.5 Å². The first-order chi connectivity index (χ1) is 18.3. The second-order valence-corrected chi connectivity index (χ2v) is 12.5. The first kappa shape index (κ1) is 28.7. The van der Waals surface area contributed by atoms with E-state index in [0.29, 0.717) is 18.7 Å². The van der Waals surface area contributed by atoms with Crippen molar-refractivity contribution in [3.05, 3.63) is 47.0 Å². The number of fused-ring (bicyclic) bond motifs is 1. The summed E-state index contributed by atoms with van der Waals surface area (Å²) in [4.78, 5) is 36.7. The average molecular weight is 602 g/mol. The first-order valence-electron chi connectivity index (χ1n) is 13.1. The number of piperidine rings is 1. The molecule has 39 heavy (non-hydrogen) atoms. The molecule has 0 spiro atoms. The van der Waals surface area contributed by atoms with Crippen LogP contribution in [0.3, 0.4) is 0 Å². The highest BCUT2D eigenvalue weighted by molar-refractivity contribution is 9.10. The minimum atomic E-state index is -0.664. The molecule has 4 rings (SSSR count). The van der Waals surface area contributed by atoms with Crippen LogP contribution in [0.5, 0.6) is 0 Å². The first-order valence-corrected chi connectivity index (χ1v) is 13.9. The molecule has 1 aliphatic heterocycles. The van der Waals surface area contributed by atoms with Gasteiger partial charge in [-0.3, -0.25) is 4.98 Å². The van der Waals surface area contributed by atoms with Crippen molar-refractivity contribution in [2.24, 2.45) is 0 Å². The smallest absolute Gasteiger partial charge is 0.420 e. The average Bonchev–Trinajstić information content (AvgIpc) is 3.20. The molecule has 0 unspecified atom stereocenters. The number of anilines is 2. The second kappa shape index (κ2) is 11.4. The van der Waals surface area contributed by atoms with Crippen molar-refractivity contribution in [1.29, 1.82) is 0 Å². The molecule has 0 aliphatic carbocycles. The number of carbonyl (C=O) groups excluding carboxylic acids is 2. The molecule has 0 saturated carbocycles. The fraction of sp³-hybridized carbons (Fsp3) is 0.500. The molecule has 4 heterocycles. The summed E-state index contributed by atoms with van der Waals surface area (Å²) < 4.78 is 13.4. The molecule has 1 atom stereocenters. The molecule has 1 amide bonds. The van der Waals surface area contributed by atoms with Crippen LogP contribution in [0.25, 0.3) is 11.0 Å². The highest BCUT2D eigenvalue weighted by Crippen LogP contribution is 2.40. The van der Waals surface area contributed by atoms with E-state index >= 15 is 0 Å². The molecule has 210 valence electrons. The van der Waals surface area contributed by atoms with Gasteiger partial charge >= 0.3 is 12.2 Å². The second-order valence-electron chi connectivity index (χ2n) is 11.7. The minimum absolute atomic E-state index is 0.0940. The fourth-order valence-electron chi connectivity index (χ4n) is 4.52. The third-order valence-electron chi connectivity index (χ3n) is 6.00. The minimum Gasteiger partial charge on any atom is -0.444 e. The normalized spacial score (nSPS) is 16.2. The largest absolute Gasteiger partial charge is 0.444 e. The van der Waals surface area contributed by atoms with Crippen LogP contribution in [0, 0.1) is 0 Å². The number of rotatable bonds is 5. The fourth-order valence-corrected chi connectivity index (χ4v) is 5.07. The molecule has 0 aromatic carbocycles. The topological polar surface area (TPSA) is 111 Å². The van der Waals surface area contributed by atoms with Gasteiger partial charge in [0.15, 0.2) is 5.65 Å². The molecule has 1 aliphatic rings. The summed E-state index contributed by atoms with van der Waals surface area (Å²) in [5.41, 5.74) is 1.89. The number of aromatic nitrogens is 3. The molecule has 0 radical (unpaired) electrons. The van der Waals surface area contributed by atoms with Crippen molar-refractivity contribution in [2.75, 3.05) is 23.3 Å². The van der Waals surface area contributed by atoms with Crippen molar-refractivity contribution in [2.45, 2.75) is 78.2 Å². The predicted molar refractivity (Wildman–Crippen MR) is 155 cm³/mol. The Kier molecular flexibility index (Phi) is 8.39. The Labute approximate surface area is 237 Å². The molecule has 1 fully saturated rings. The molecule has 3 aromatic rings. The number of nitrogens with zero attached hydrogens (tertiary/aromatic N) is 4. The van der Waals surface area contributed by atoms with Gasteiger partial charge in [-0.25, -0.2) is 19.1 Å². The van der Waals surface area contributed by atoms with Crippen molar-refractivity contribution in [1.82, 2.24) is 19.9 Å². The van der Waals surface area contributed by atoms with E-state index in [-0.39, 0.29) is 6.04 Å². The van der Waals surface area contributed by atoms with Gasteiger partial charge in [0.25, 0.3) is 0 Å². The monoisotopic (exact) mass is 600 g/mol. The molecule has 0 bridgehead atoms. The lowest BCUT2D eigenvalue weighted by Gasteiger charge is -2.36. The van der Waals surface area contributed by atoms with Gasteiger partial charge < -0.3 is 25.0 Å². The number of hydrogen-bond donors (Lipinski definition) is 2. The van der Waals surface area contributed by atoms with Gasteiger partial charge in [0, 0.05) is 50.5 Å². The maximum absolute atomic E-state index is 13.2. The van der Waals surface area contributed by atoms with Crippen LogP contribution < -0.4 is 15.5 Å².